The SMILES string of the molecule is O=C(CNC(=O)c1cccc(C(F)(F)F)c1)NCC1CCN(Cc2ccc([N+](=O)[O-])cc2)CC1. The zero-order chi connectivity index (χ0) is 24.7. The quantitative estimate of drug-likeness (QED) is 0.447. The lowest BCUT2D eigenvalue weighted by atomic mass is 9.96. The van der Waals surface area contributed by atoms with Crippen LogP contribution >= 0.6 is 0 Å². The zero-order valence-electron chi connectivity index (χ0n) is 18.3. The van der Waals surface area contributed by atoms with E-state index in [1.807, 2.05) is 0 Å². The number of alkyl halides is 3. The lowest BCUT2D eigenvalue weighted by Gasteiger charge is -2.32. The molecule has 0 spiro atoms. The van der Waals surface area contributed by atoms with Gasteiger partial charge in [-0.25, -0.2) is 0 Å². The molecular weight excluding hydrogens is 453 g/mol. The first-order valence-corrected chi connectivity index (χ1v) is 10.8. The fraction of sp³-hybridized carbons (Fsp3) is 0.391. The van der Waals surface area contributed by atoms with Crippen molar-refractivity contribution in [1.29, 1.82) is 0 Å². The van der Waals surface area contributed by atoms with E-state index in [0.717, 1.165) is 49.7 Å². The number of nitrogens with zero attached hydrogens (tertiary/aromatic N) is 2. The molecule has 1 saturated heterocycles. The Morgan fingerprint density at radius 2 is 1.74 bits per heavy atom. The van der Waals surface area contributed by atoms with Crippen molar-refractivity contribution >= 4 is 17.5 Å². The van der Waals surface area contributed by atoms with Crippen LogP contribution in [0.3, 0.4) is 0 Å². The highest BCUT2D eigenvalue weighted by Gasteiger charge is 2.31. The highest BCUT2D eigenvalue weighted by atomic mass is 19.4. The number of carbonyl (C=O) groups is 2. The van der Waals surface area contributed by atoms with Gasteiger partial charge < -0.3 is 10.6 Å². The molecule has 0 aromatic heterocycles. The van der Waals surface area contributed by atoms with Crippen molar-refractivity contribution in [3.05, 3.63) is 75.3 Å². The number of likely N-dealkylation sites (tertiary alicyclic amines) is 1. The largest absolute Gasteiger partial charge is 0.416 e. The van der Waals surface area contributed by atoms with E-state index in [1.165, 1.54) is 18.2 Å². The van der Waals surface area contributed by atoms with E-state index in [0.29, 0.717) is 13.1 Å². The van der Waals surface area contributed by atoms with Gasteiger partial charge >= 0.3 is 6.18 Å². The smallest absolute Gasteiger partial charge is 0.354 e. The second-order valence-corrected chi connectivity index (χ2v) is 8.21. The average Bonchev–Trinajstić information content (AvgIpc) is 2.82. The minimum atomic E-state index is -4.55. The van der Waals surface area contributed by atoms with Crippen LogP contribution in [0.4, 0.5) is 18.9 Å². The van der Waals surface area contributed by atoms with Crippen molar-refractivity contribution in [2.24, 2.45) is 5.92 Å². The van der Waals surface area contributed by atoms with Crippen molar-refractivity contribution in [2.45, 2.75) is 25.6 Å². The maximum Gasteiger partial charge on any atom is 0.416 e. The Hall–Kier alpha value is -3.47. The minimum absolute atomic E-state index is 0.0595. The normalized spacial score (nSPS) is 15.0. The van der Waals surface area contributed by atoms with E-state index in [4.69, 9.17) is 0 Å². The summed E-state index contributed by atoms with van der Waals surface area (Å²) in [4.78, 5) is 36.7. The molecule has 1 aliphatic rings. The second kappa shape index (κ2) is 11.1. The van der Waals surface area contributed by atoms with Crippen LogP contribution < -0.4 is 10.6 Å². The summed E-state index contributed by atoms with van der Waals surface area (Å²) in [5.41, 5.74) is -0.0365. The van der Waals surface area contributed by atoms with Gasteiger partial charge in [0.25, 0.3) is 11.6 Å². The number of hydrogen-bond donors (Lipinski definition) is 2. The Morgan fingerprint density at radius 1 is 1.06 bits per heavy atom. The molecule has 0 bridgehead atoms. The molecule has 34 heavy (non-hydrogen) atoms. The number of benzene rings is 2. The molecule has 2 amide bonds. The summed E-state index contributed by atoms with van der Waals surface area (Å²) in [6.07, 6.45) is -2.82. The predicted molar refractivity (Wildman–Crippen MR) is 118 cm³/mol. The van der Waals surface area contributed by atoms with Gasteiger partial charge in [-0.3, -0.25) is 24.6 Å². The highest BCUT2D eigenvalue weighted by molar-refractivity contribution is 5.96. The first-order valence-electron chi connectivity index (χ1n) is 10.8. The summed E-state index contributed by atoms with van der Waals surface area (Å²) in [6, 6.07) is 10.5. The minimum Gasteiger partial charge on any atom is -0.354 e. The van der Waals surface area contributed by atoms with Crippen LogP contribution in [0, 0.1) is 16.0 Å². The molecule has 0 radical (unpaired) electrons. The molecule has 11 heteroatoms. The molecule has 3 rings (SSSR count). The maximum atomic E-state index is 12.8. The van der Waals surface area contributed by atoms with Gasteiger partial charge in [0, 0.05) is 30.8 Å². The summed E-state index contributed by atoms with van der Waals surface area (Å²) in [5, 5.41) is 15.8. The predicted octanol–water partition coefficient (Wildman–Crippen LogP) is 3.37. The van der Waals surface area contributed by atoms with Gasteiger partial charge in [0.15, 0.2) is 0 Å². The van der Waals surface area contributed by atoms with Crippen LogP contribution in [0.2, 0.25) is 0 Å². The van der Waals surface area contributed by atoms with Crippen molar-refractivity contribution in [1.82, 2.24) is 15.5 Å². The first-order chi connectivity index (χ1) is 16.1. The third-order valence-corrected chi connectivity index (χ3v) is 5.71. The van der Waals surface area contributed by atoms with Crippen molar-refractivity contribution < 1.29 is 27.7 Å². The Labute approximate surface area is 194 Å². The first kappa shape index (κ1) is 25.2. The van der Waals surface area contributed by atoms with Crippen molar-refractivity contribution in [2.75, 3.05) is 26.2 Å². The molecule has 1 aliphatic heterocycles. The molecule has 0 unspecified atom stereocenters. The van der Waals surface area contributed by atoms with Crippen molar-refractivity contribution in [3.8, 4) is 0 Å². The average molecular weight is 478 g/mol. The fourth-order valence-electron chi connectivity index (χ4n) is 3.75. The summed E-state index contributed by atoms with van der Waals surface area (Å²) < 4.78 is 38.3. The topological polar surface area (TPSA) is 105 Å². The van der Waals surface area contributed by atoms with Crippen LogP contribution in [0.25, 0.3) is 0 Å². The number of halogens is 3. The van der Waals surface area contributed by atoms with Gasteiger partial charge in [-0.15, -0.1) is 0 Å². The van der Waals surface area contributed by atoms with Crippen LogP contribution in [0.15, 0.2) is 48.5 Å². The molecular formula is C23H25F3N4O4. The number of amides is 2. The van der Waals surface area contributed by atoms with Gasteiger partial charge in [0.1, 0.15) is 0 Å². The second-order valence-electron chi connectivity index (χ2n) is 8.21. The Balaban J connectivity index is 1.36. The van der Waals surface area contributed by atoms with Gasteiger partial charge in [-0.1, -0.05) is 18.2 Å². The summed E-state index contributed by atoms with van der Waals surface area (Å²) in [5.74, 6) is -0.884. The Morgan fingerprint density at radius 3 is 2.35 bits per heavy atom. The van der Waals surface area contributed by atoms with Crippen LogP contribution in [-0.2, 0) is 17.5 Å². The molecule has 1 heterocycles. The van der Waals surface area contributed by atoms with Gasteiger partial charge in [0.2, 0.25) is 5.91 Å². The molecule has 2 aromatic carbocycles. The maximum absolute atomic E-state index is 12.8. The van der Waals surface area contributed by atoms with E-state index < -0.39 is 28.5 Å². The molecule has 182 valence electrons. The molecule has 0 aliphatic carbocycles. The summed E-state index contributed by atoms with van der Waals surface area (Å²) in [6.45, 7) is 2.46. The lowest BCUT2D eigenvalue weighted by molar-refractivity contribution is -0.384. The van der Waals surface area contributed by atoms with Crippen LogP contribution in [0.1, 0.15) is 34.3 Å². The molecule has 1 fully saturated rings. The van der Waals surface area contributed by atoms with E-state index in [2.05, 4.69) is 15.5 Å². The standard InChI is InChI=1S/C23H25F3N4O4/c24-23(25,26)19-3-1-2-18(12-19)22(32)28-14-21(31)27-13-16-8-10-29(11-9-16)15-17-4-6-20(7-5-17)30(33)34/h1-7,12,16H,8-11,13-15H2,(H,27,31)(H,28,32). The lowest BCUT2D eigenvalue weighted by Crippen LogP contribution is -2.41. The number of hydrogen-bond acceptors (Lipinski definition) is 5. The van der Waals surface area contributed by atoms with E-state index in [-0.39, 0.29) is 23.7 Å². The summed E-state index contributed by atoms with van der Waals surface area (Å²) in [7, 11) is 0. The molecule has 8 nitrogen and oxygen atoms in total. The number of rotatable bonds is 8. The number of nitrogens with one attached hydrogen (secondary N) is 2. The Kier molecular flexibility index (Phi) is 8.21. The molecule has 2 aromatic rings. The van der Waals surface area contributed by atoms with E-state index >= 15 is 0 Å². The fourth-order valence-corrected chi connectivity index (χ4v) is 3.75. The van der Waals surface area contributed by atoms with Crippen LogP contribution in [0.5, 0.6) is 0 Å². The van der Waals surface area contributed by atoms with Gasteiger partial charge in [-0.05, 0) is 55.6 Å². The third kappa shape index (κ3) is 7.27. The number of non-ortho nitro benzene ring substituents is 1. The molecule has 2 N–H and O–H groups in total. The van der Waals surface area contributed by atoms with Crippen molar-refractivity contribution in [3.63, 3.8) is 0 Å². The number of carbonyl (C=O) groups excluding carboxylic acids is 2. The van der Waals surface area contributed by atoms with E-state index in [9.17, 15) is 32.9 Å². The van der Waals surface area contributed by atoms with Gasteiger partial charge in [0.05, 0.1) is 17.0 Å². The van der Waals surface area contributed by atoms with E-state index in [1.54, 1.807) is 12.1 Å². The Bertz CT molecular complexity index is 1020. The van der Waals surface area contributed by atoms with Gasteiger partial charge in [-0.2, -0.15) is 13.2 Å². The number of nitro groups is 1. The zero-order valence-corrected chi connectivity index (χ0v) is 18.3. The third-order valence-electron chi connectivity index (χ3n) is 5.71. The number of nitro benzene ring substituents is 1. The number of piperidine rings is 1. The highest BCUT2D eigenvalue weighted by Crippen LogP contribution is 2.29. The van der Waals surface area contributed by atoms with Crippen LogP contribution in [-0.4, -0.2) is 47.8 Å². The molecule has 0 saturated carbocycles. The monoisotopic (exact) mass is 478 g/mol. The summed E-state index contributed by atoms with van der Waals surface area (Å²) >= 11 is 0. The molecule has 0 atom stereocenters.